The van der Waals surface area contributed by atoms with Crippen LogP contribution in [0.5, 0.6) is 5.75 Å². The van der Waals surface area contributed by atoms with Crippen LogP contribution in [0.4, 0.5) is 0 Å². The Morgan fingerprint density at radius 1 is 1.00 bits per heavy atom. The van der Waals surface area contributed by atoms with Crippen molar-refractivity contribution in [3.8, 4) is 16.9 Å². The Morgan fingerprint density at radius 3 is 2.35 bits per heavy atom. The molecule has 1 aliphatic rings. The van der Waals surface area contributed by atoms with E-state index in [0.29, 0.717) is 8.81 Å². The van der Waals surface area contributed by atoms with Crippen molar-refractivity contribution in [2.45, 2.75) is 0 Å². The van der Waals surface area contributed by atoms with Crippen molar-refractivity contribution in [2.24, 2.45) is 0 Å². The summed E-state index contributed by atoms with van der Waals surface area (Å²) in [6, 6.07) is 16.6. The van der Waals surface area contributed by atoms with E-state index in [0.717, 1.165) is 5.75 Å². The van der Waals surface area contributed by atoms with Gasteiger partial charge >= 0.3 is 8.69 Å². The molecule has 1 heterocycles. The topological polar surface area (TPSA) is 46.5 Å². The first-order valence-corrected chi connectivity index (χ1v) is 6.75. The van der Waals surface area contributed by atoms with E-state index in [1.807, 2.05) is 18.2 Å². The van der Waals surface area contributed by atoms with Gasteiger partial charge in [-0.25, -0.2) is 0 Å². The lowest BCUT2D eigenvalue weighted by Gasteiger charge is -2.19. The summed E-state index contributed by atoms with van der Waals surface area (Å²) >= 11 is 0. The maximum absolute atomic E-state index is 8.51. The van der Waals surface area contributed by atoms with E-state index in [2.05, 4.69) is 30.3 Å². The summed E-state index contributed by atoms with van der Waals surface area (Å²) in [5, 5.41) is 1.30. The van der Waals surface area contributed by atoms with Crippen LogP contribution in [0.1, 0.15) is 0 Å². The van der Waals surface area contributed by atoms with Crippen LogP contribution in [0.15, 0.2) is 48.5 Å². The number of hydrogen-bond acceptors (Lipinski definition) is 2. The van der Waals surface area contributed by atoms with Gasteiger partial charge < -0.3 is 4.52 Å². The summed E-state index contributed by atoms with van der Waals surface area (Å²) < 4.78 is 14.2. The van der Waals surface area contributed by atoms with E-state index in [4.69, 9.17) is 14.0 Å². The van der Waals surface area contributed by atoms with Crippen LogP contribution in [0, 0.1) is 0 Å². The van der Waals surface area contributed by atoms with Crippen molar-refractivity contribution in [3.63, 3.8) is 0 Å². The van der Waals surface area contributed by atoms with Gasteiger partial charge in [0.1, 0.15) is 14.6 Å². The van der Waals surface area contributed by atoms with Gasteiger partial charge in [-0.2, -0.15) is 4.89 Å². The molecule has 0 spiro atoms. The van der Waals surface area contributed by atoms with Crippen molar-refractivity contribution in [1.29, 1.82) is 0 Å². The second-order valence-corrected chi connectivity index (χ2v) is 4.47. The molecule has 2 aromatic rings. The fourth-order valence-corrected chi connectivity index (χ4v) is 2.59. The summed E-state index contributed by atoms with van der Waals surface area (Å²) in [5.74, 6) is 1.00. The standard InChI is InChI=1S/C12H9OP.HO2P/c1-3-7-11-9(5-1)10-6-2-4-8-12(10)14-13-11;1-3-2/h1-8,14H;3H/p+1. The average molecular weight is 265 g/mol. The largest absolute Gasteiger partial charge is 0.491 e. The first-order valence-electron chi connectivity index (χ1n) is 4.99. The monoisotopic (exact) mass is 265 g/mol. The normalized spacial score (nSPS) is 13.0. The molecule has 5 heteroatoms. The van der Waals surface area contributed by atoms with Crippen molar-refractivity contribution in [3.05, 3.63) is 48.5 Å². The Hall–Kier alpha value is -1.27. The van der Waals surface area contributed by atoms with Gasteiger partial charge in [0.15, 0.2) is 0 Å². The molecule has 2 atom stereocenters. The summed E-state index contributed by atoms with van der Waals surface area (Å²) in [6.45, 7) is 0. The predicted molar refractivity (Wildman–Crippen MR) is 71.7 cm³/mol. The molecule has 0 saturated heterocycles. The Bertz CT molecular complexity index is 483. The summed E-state index contributed by atoms with van der Waals surface area (Å²) in [5.41, 5.74) is 2.52. The predicted octanol–water partition coefficient (Wildman–Crippen LogP) is 2.88. The number of para-hydroxylation sites is 1. The van der Waals surface area contributed by atoms with Crippen LogP contribution in [0.3, 0.4) is 0 Å². The minimum absolute atomic E-state index is 0.440. The molecular formula is C12H11O3P2+. The van der Waals surface area contributed by atoms with E-state index >= 15 is 0 Å². The third kappa shape index (κ3) is 2.70. The molecule has 17 heavy (non-hydrogen) atoms. The minimum atomic E-state index is -1.17. The highest BCUT2D eigenvalue weighted by atomic mass is 31.1. The van der Waals surface area contributed by atoms with E-state index < -0.39 is 8.69 Å². The average Bonchev–Trinajstić information content (AvgIpc) is 2.40. The van der Waals surface area contributed by atoms with Gasteiger partial charge in [-0.1, -0.05) is 42.5 Å². The fraction of sp³-hybridized carbons (Fsp3) is 0. The molecule has 86 valence electrons. The molecule has 0 aliphatic carbocycles. The molecule has 0 aromatic heterocycles. The van der Waals surface area contributed by atoms with E-state index in [9.17, 15) is 0 Å². The molecule has 0 saturated carbocycles. The SMILES string of the molecule is O=[PH+]O.c1ccc2c(c1)OPc1ccccc1-2. The highest BCUT2D eigenvalue weighted by molar-refractivity contribution is 7.43. The van der Waals surface area contributed by atoms with Gasteiger partial charge in [-0.15, -0.1) is 0 Å². The second kappa shape index (κ2) is 5.88. The lowest BCUT2D eigenvalue weighted by atomic mass is 10.0. The van der Waals surface area contributed by atoms with Gasteiger partial charge in [-0.05, 0) is 16.2 Å². The zero-order valence-electron chi connectivity index (χ0n) is 8.88. The Balaban J connectivity index is 0.000000329. The van der Waals surface area contributed by atoms with E-state index in [-0.39, 0.29) is 0 Å². The van der Waals surface area contributed by atoms with Crippen molar-refractivity contribution >= 4 is 22.8 Å². The highest BCUT2D eigenvalue weighted by Crippen LogP contribution is 2.38. The summed E-state index contributed by atoms with van der Waals surface area (Å²) in [6.07, 6.45) is 0. The molecule has 1 N–H and O–H groups in total. The lowest BCUT2D eigenvalue weighted by molar-refractivity contribution is 0.524. The third-order valence-corrected chi connectivity index (χ3v) is 3.35. The van der Waals surface area contributed by atoms with Crippen molar-refractivity contribution in [2.75, 3.05) is 0 Å². The zero-order valence-corrected chi connectivity index (χ0v) is 10.9. The first-order chi connectivity index (χ1) is 8.36. The molecule has 3 rings (SSSR count). The fourth-order valence-electron chi connectivity index (χ4n) is 1.70. The van der Waals surface area contributed by atoms with Crippen LogP contribution in [-0.4, -0.2) is 4.89 Å². The first kappa shape index (κ1) is 12.2. The number of hydrogen-bond donors (Lipinski definition) is 1. The molecule has 0 radical (unpaired) electrons. The van der Waals surface area contributed by atoms with Gasteiger partial charge in [-0.3, -0.25) is 0 Å². The zero-order chi connectivity index (χ0) is 12.1. The maximum Gasteiger partial charge on any atom is 0.491 e. The molecule has 2 aromatic carbocycles. The molecule has 1 aliphatic heterocycles. The minimum Gasteiger partial charge on any atom is -0.472 e. The van der Waals surface area contributed by atoms with Crippen LogP contribution >= 0.6 is 17.5 Å². The van der Waals surface area contributed by atoms with E-state index in [1.165, 1.54) is 16.4 Å². The van der Waals surface area contributed by atoms with Crippen LogP contribution in [0.2, 0.25) is 0 Å². The van der Waals surface area contributed by atoms with Gasteiger partial charge in [0.05, 0.1) is 0 Å². The molecule has 0 amide bonds. The van der Waals surface area contributed by atoms with E-state index in [1.54, 1.807) is 0 Å². The molecule has 3 nitrogen and oxygen atoms in total. The Labute approximate surface area is 103 Å². The number of fused-ring (bicyclic) bond motifs is 3. The Kier molecular flexibility index (Phi) is 4.22. The quantitative estimate of drug-likeness (QED) is 0.745. The summed E-state index contributed by atoms with van der Waals surface area (Å²) in [7, 11) is -0.727. The smallest absolute Gasteiger partial charge is 0.472 e. The van der Waals surface area contributed by atoms with Crippen LogP contribution in [-0.2, 0) is 4.57 Å². The molecular weight excluding hydrogens is 254 g/mol. The molecule has 0 bridgehead atoms. The van der Waals surface area contributed by atoms with Gasteiger partial charge in [0, 0.05) is 10.9 Å². The maximum atomic E-state index is 8.51. The van der Waals surface area contributed by atoms with Crippen LogP contribution < -0.4 is 9.83 Å². The Morgan fingerprint density at radius 2 is 1.59 bits per heavy atom. The second-order valence-electron chi connectivity index (χ2n) is 3.34. The summed E-state index contributed by atoms with van der Waals surface area (Å²) in [4.78, 5) is 7.04. The van der Waals surface area contributed by atoms with Crippen molar-refractivity contribution < 1.29 is 14.0 Å². The van der Waals surface area contributed by atoms with Crippen LogP contribution in [0.25, 0.3) is 11.1 Å². The lowest BCUT2D eigenvalue weighted by Crippen LogP contribution is -2.06. The highest BCUT2D eigenvalue weighted by Gasteiger charge is 2.15. The number of benzene rings is 2. The molecule has 0 fully saturated rings. The molecule has 2 unspecified atom stereocenters. The van der Waals surface area contributed by atoms with Gasteiger partial charge in [0.25, 0.3) is 0 Å². The van der Waals surface area contributed by atoms with Crippen molar-refractivity contribution in [1.82, 2.24) is 0 Å². The number of rotatable bonds is 0. The van der Waals surface area contributed by atoms with Gasteiger partial charge in [0.2, 0.25) is 0 Å². The third-order valence-electron chi connectivity index (χ3n) is 2.38.